The SMILES string of the molecule is CC(C)[C@@H](NC(=O)c1cc(=O)[nH]c(S(C)(=O)=O)n1)c1ccc(OC(F)(F)F)c(F)c1. The number of aromatic amines is 1. The molecule has 0 saturated carbocycles. The minimum Gasteiger partial charge on any atom is -0.403 e. The number of alkyl halides is 3. The van der Waals surface area contributed by atoms with E-state index in [0.717, 1.165) is 30.5 Å². The van der Waals surface area contributed by atoms with Crippen LogP contribution in [0.2, 0.25) is 0 Å². The molecule has 1 heterocycles. The molecule has 2 N–H and O–H groups in total. The van der Waals surface area contributed by atoms with Crippen molar-refractivity contribution in [3.8, 4) is 5.75 Å². The number of hydrogen-bond acceptors (Lipinski definition) is 6. The average molecular weight is 451 g/mol. The Hall–Kier alpha value is -2.96. The zero-order valence-electron chi connectivity index (χ0n) is 15.9. The van der Waals surface area contributed by atoms with Crippen molar-refractivity contribution in [3.05, 3.63) is 51.7 Å². The molecule has 2 rings (SSSR count). The number of nitrogens with zero attached hydrogens (tertiary/aromatic N) is 1. The van der Waals surface area contributed by atoms with Crippen molar-refractivity contribution in [1.82, 2.24) is 15.3 Å². The number of halogens is 4. The van der Waals surface area contributed by atoms with Gasteiger partial charge in [0.25, 0.3) is 11.5 Å². The number of sulfone groups is 1. The first-order chi connectivity index (χ1) is 13.7. The summed E-state index contributed by atoms with van der Waals surface area (Å²) in [7, 11) is -3.91. The molecule has 164 valence electrons. The van der Waals surface area contributed by atoms with Gasteiger partial charge in [-0.05, 0) is 23.6 Å². The number of rotatable bonds is 6. The lowest BCUT2D eigenvalue weighted by Gasteiger charge is -2.23. The molecular weight excluding hydrogens is 434 g/mol. The quantitative estimate of drug-likeness (QED) is 0.514. The Labute approximate surface area is 168 Å². The molecule has 30 heavy (non-hydrogen) atoms. The molecule has 0 bridgehead atoms. The van der Waals surface area contributed by atoms with E-state index in [2.05, 4.69) is 15.0 Å². The second-order valence-electron chi connectivity index (χ2n) is 6.64. The van der Waals surface area contributed by atoms with Gasteiger partial charge >= 0.3 is 6.36 Å². The molecule has 0 spiro atoms. The summed E-state index contributed by atoms with van der Waals surface area (Å²) in [6, 6.07) is 2.58. The van der Waals surface area contributed by atoms with Crippen LogP contribution in [0.3, 0.4) is 0 Å². The molecule has 0 aliphatic heterocycles. The van der Waals surface area contributed by atoms with Crippen molar-refractivity contribution in [2.45, 2.75) is 31.4 Å². The molecule has 2 aromatic rings. The molecule has 0 saturated heterocycles. The molecule has 1 atom stereocenters. The molecule has 0 aliphatic carbocycles. The first kappa shape index (κ1) is 23.3. The zero-order chi connectivity index (χ0) is 22.9. The molecule has 0 fully saturated rings. The Morgan fingerprint density at radius 2 is 1.87 bits per heavy atom. The van der Waals surface area contributed by atoms with Crippen molar-refractivity contribution in [2.75, 3.05) is 6.26 Å². The number of carbonyl (C=O) groups excluding carboxylic acids is 1. The fourth-order valence-electron chi connectivity index (χ4n) is 2.50. The second kappa shape index (κ2) is 8.42. The lowest BCUT2D eigenvalue weighted by molar-refractivity contribution is -0.275. The summed E-state index contributed by atoms with van der Waals surface area (Å²) in [5.74, 6) is -3.62. The fraction of sp³-hybridized carbons (Fsp3) is 0.353. The molecular formula is C17H17F4N3O5S. The molecule has 0 aliphatic rings. The van der Waals surface area contributed by atoms with Crippen LogP contribution in [0.4, 0.5) is 17.6 Å². The van der Waals surface area contributed by atoms with Gasteiger partial charge in [-0.2, -0.15) is 0 Å². The largest absolute Gasteiger partial charge is 0.573 e. The number of H-pyrrole nitrogens is 1. The summed E-state index contributed by atoms with van der Waals surface area (Å²) in [6.45, 7) is 3.30. The summed E-state index contributed by atoms with van der Waals surface area (Å²) < 4.78 is 77.7. The monoisotopic (exact) mass is 451 g/mol. The van der Waals surface area contributed by atoms with Gasteiger partial charge in [0.15, 0.2) is 11.6 Å². The highest BCUT2D eigenvalue weighted by molar-refractivity contribution is 7.90. The van der Waals surface area contributed by atoms with Crippen molar-refractivity contribution in [3.63, 3.8) is 0 Å². The smallest absolute Gasteiger partial charge is 0.403 e. The van der Waals surface area contributed by atoms with Crippen LogP contribution in [0.15, 0.2) is 34.2 Å². The van der Waals surface area contributed by atoms with E-state index in [1.54, 1.807) is 13.8 Å². The van der Waals surface area contributed by atoms with Crippen molar-refractivity contribution >= 4 is 15.7 Å². The maximum absolute atomic E-state index is 14.0. The predicted octanol–water partition coefficient (Wildman–Crippen LogP) is 2.34. The van der Waals surface area contributed by atoms with E-state index in [1.807, 2.05) is 4.98 Å². The van der Waals surface area contributed by atoms with E-state index >= 15 is 0 Å². The summed E-state index contributed by atoms with van der Waals surface area (Å²) in [5.41, 5.74) is -1.25. The van der Waals surface area contributed by atoms with Gasteiger partial charge in [0.2, 0.25) is 15.0 Å². The van der Waals surface area contributed by atoms with Gasteiger partial charge in [-0.3, -0.25) is 14.6 Å². The third-order valence-electron chi connectivity index (χ3n) is 3.80. The van der Waals surface area contributed by atoms with Gasteiger partial charge in [-0.1, -0.05) is 19.9 Å². The first-order valence-electron chi connectivity index (χ1n) is 8.35. The Morgan fingerprint density at radius 3 is 2.37 bits per heavy atom. The van der Waals surface area contributed by atoms with Gasteiger partial charge in [0.05, 0.1) is 6.04 Å². The highest BCUT2D eigenvalue weighted by Crippen LogP contribution is 2.30. The normalized spacial score (nSPS) is 13.2. The number of carbonyl (C=O) groups is 1. The van der Waals surface area contributed by atoms with Gasteiger partial charge in [0.1, 0.15) is 5.69 Å². The Morgan fingerprint density at radius 1 is 1.23 bits per heavy atom. The van der Waals surface area contributed by atoms with Crippen LogP contribution in [0.5, 0.6) is 5.75 Å². The Bertz CT molecular complexity index is 1110. The molecule has 1 amide bonds. The van der Waals surface area contributed by atoms with Crippen LogP contribution in [0.25, 0.3) is 0 Å². The maximum Gasteiger partial charge on any atom is 0.573 e. The number of aromatic nitrogens is 2. The predicted molar refractivity (Wildman–Crippen MR) is 96.1 cm³/mol. The molecule has 0 radical (unpaired) electrons. The number of ether oxygens (including phenoxy) is 1. The summed E-state index contributed by atoms with van der Waals surface area (Å²) in [4.78, 5) is 29.8. The molecule has 8 nitrogen and oxygen atoms in total. The summed E-state index contributed by atoms with van der Waals surface area (Å²) in [5, 5.41) is 1.76. The van der Waals surface area contributed by atoms with E-state index in [-0.39, 0.29) is 11.5 Å². The van der Waals surface area contributed by atoms with Crippen molar-refractivity contribution < 1.29 is 35.5 Å². The van der Waals surface area contributed by atoms with Gasteiger partial charge in [-0.15, -0.1) is 13.2 Å². The van der Waals surface area contributed by atoms with Crippen LogP contribution in [-0.4, -0.2) is 36.9 Å². The minimum absolute atomic E-state index is 0.124. The fourth-order valence-corrected chi connectivity index (χ4v) is 3.05. The Balaban J connectivity index is 2.35. The molecule has 1 aromatic carbocycles. The van der Waals surface area contributed by atoms with Crippen LogP contribution >= 0.6 is 0 Å². The number of amides is 1. The van der Waals surface area contributed by atoms with E-state index in [0.29, 0.717) is 0 Å². The first-order valence-corrected chi connectivity index (χ1v) is 10.2. The van der Waals surface area contributed by atoms with E-state index in [4.69, 9.17) is 0 Å². The van der Waals surface area contributed by atoms with Gasteiger partial charge in [0, 0.05) is 12.3 Å². The molecule has 0 unspecified atom stereocenters. The Kier molecular flexibility index (Phi) is 6.54. The average Bonchev–Trinajstić information content (AvgIpc) is 2.58. The summed E-state index contributed by atoms with van der Waals surface area (Å²) in [6.07, 6.45) is -4.28. The maximum atomic E-state index is 14.0. The number of hydrogen-bond donors (Lipinski definition) is 2. The summed E-state index contributed by atoms with van der Waals surface area (Å²) >= 11 is 0. The third-order valence-corrected chi connectivity index (χ3v) is 4.69. The van der Waals surface area contributed by atoms with Crippen LogP contribution < -0.4 is 15.6 Å². The standard InChI is InChI=1S/C17H17F4N3O5S/c1-8(2)14(9-4-5-12(10(18)6-9)29-17(19,20)21)24-15(26)11-7-13(25)23-16(22-11)30(3,27)28/h4-8,14H,1-3H3,(H,24,26)(H,22,23,25)/t14-/m1/s1. The van der Waals surface area contributed by atoms with E-state index in [9.17, 15) is 35.6 Å². The number of nitrogens with one attached hydrogen (secondary N) is 2. The van der Waals surface area contributed by atoms with Crippen molar-refractivity contribution in [2.24, 2.45) is 5.92 Å². The third kappa shape index (κ3) is 6.02. The number of benzene rings is 1. The van der Waals surface area contributed by atoms with Gasteiger partial charge in [-0.25, -0.2) is 17.8 Å². The van der Waals surface area contributed by atoms with Crippen LogP contribution in [0.1, 0.15) is 35.9 Å². The molecule has 1 aromatic heterocycles. The van der Waals surface area contributed by atoms with Crippen LogP contribution in [-0.2, 0) is 9.84 Å². The van der Waals surface area contributed by atoms with Crippen LogP contribution in [0, 0.1) is 11.7 Å². The highest BCUT2D eigenvalue weighted by atomic mass is 32.2. The van der Waals surface area contributed by atoms with E-state index < -0.39 is 56.1 Å². The van der Waals surface area contributed by atoms with Gasteiger partial charge < -0.3 is 10.1 Å². The highest BCUT2D eigenvalue weighted by Gasteiger charge is 2.32. The lowest BCUT2D eigenvalue weighted by atomic mass is 9.95. The lowest BCUT2D eigenvalue weighted by Crippen LogP contribution is -2.33. The van der Waals surface area contributed by atoms with Crippen molar-refractivity contribution in [1.29, 1.82) is 0 Å². The van der Waals surface area contributed by atoms with E-state index in [1.165, 1.54) is 0 Å². The second-order valence-corrected chi connectivity index (χ2v) is 8.57. The topological polar surface area (TPSA) is 118 Å². The molecule has 13 heteroatoms. The zero-order valence-corrected chi connectivity index (χ0v) is 16.7. The minimum atomic E-state index is -5.07.